The van der Waals surface area contributed by atoms with Crippen molar-refractivity contribution in [3.63, 3.8) is 0 Å². The van der Waals surface area contributed by atoms with E-state index in [0.717, 1.165) is 10.5 Å². The number of thioether (sulfide) groups is 1. The first-order valence-electron chi connectivity index (χ1n) is 8.63. The van der Waals surface area contributed by atoms with E-state index in [0.29, 0.717) is 17.8 Å². The number of hydrogen-bond acceptors (Lipinski definition) is 7. The molecule has 0 unspecified atom stereocenters. The highest BCUT2D eigenvalue weighted by Gasteiger charge is 2.12. The van der Waals surface area contributed by atoms with E-state index in [1.54, 1.807) is 47.4 Å². The summed E-state index contributed by atoms with van der Waals surface area (Å²) in [6, 6.07) is 16.0. The number of nitrogens with zero attached hydrogens (tertiary/aromatic N) is 4. The zero-order valence-electron chi connectivity index (χ0n) is 15.3. The summed E-state index contributed by atoms with van der Waals surface area (Å²) in [5.74, 6) is -0.764. The van der Waals surface area contributed by atoms with Crippen LogP contribution in [-0.2, 0) is 16.1 Å². The van der Waals surface area contributed by atoms with Gasteiger partial charge in [0.25, 0.3) is 5.91 Å². The molecule has 3 aromatic rings. The van der Waals surface area contributed by atoms with Crippen LogP contribution in [0.2, 0.25) is 0 Å². The molecule has 1 amide bonds. The molecule has 146 valence electrons. The van der Waals surface area contributed by atoms with Crippen LogP contribution in [0.25, 0.3) is 0 Å². The van der Waals surface area contributed by atoms with Crippen molar-refractivity contribution in [1.29, 1.82) is 5.26 Å². The highest BCUT2D eigenvalue weighted by Crippen LogP contribution is 2.26. The molecule has 0 aliphatic carbocycles. The largest absolute Gasteiger partial charge is 0.452 e. The van der Waals surface area contributed by atoms with Gasteiger partial charge in [0.15, 0.2) is 6.61 Å². The van der Waals surface area contributed by atoms with E-state index < -0.39 is 18.5 Å². The smallest absolute Gasteiger partial charge is 0.338 e. The molecule has 0 aliphatic heterocycles. The Morgan fingerprint density at radius 1 is 1.17 bits per heavy atom. The first-order valence-corrected chi connectivity index (χ1v) is 9.61. The van der Waals surface area contributed by atoms with E-state index in [1.165, 1.54) is 18.1 Å². The van der Waals surface area contributed by atoms with E-state index in [1.807, 2.05) is 18.2 Å². The van der Waals surface area contributed by atoms with Gasteiger partial charge >= 0.3 is 5.97 Å². The molecular formula is C20H17N5O3S. The Labute approximate surface area is 171 Å². The molecule has 3 rings (SSSR count). The minimum atomic E-state index is -0.584. The molecule has 0 saturated heterocycles. The van der Waals surface area contributed by atoms with Crippen LogP contribution in [0.15, 0.2) is 66.1 Å². The molecule has 1 N–H and O–H groups in total. The van der Waals surface area contributed by atoms with Crippen molar-refractivity contribution in [1.82, 2.24) is 14.8 Å². The number of anilines is 1. The average Bonchev–Trinajstić information content (AvgIpc) is 3.25. The van der Waals surface area contributed by atoms with Gasteiger partial charge in [-0.3, -0.25) is 4.79 Å². The second-order valence-electron chi connectivity index (χ2n) is 5.86. The Hall–Kier alpha value is -3.64. The molecular weight excluding hydrogens is 390 g/mol. The van der Waals surface area contributed by atoms with E-state index in [-0.39, 0.29) is 5.75 Å². The monoisotopic (exact) mass is 407 g/mol. The number of amides is 1. The Bertz CT molecular complexity index is 1010. The van der Waals surface area contributed by atoms with Gasteiger partial charge in [-0.15, -0.1) is 11.8 Å². The summed E-state index contributed by atoms with van der Waals surface area (Å²) in [7, 11) is 0. The van der Waals surface area contributed by atoms with Crippen LogP contribution >= 0.6 is 11.8 Å². The van der Waals surface area contributed by atoms with Gasteiger partial charge in [0, 0.05) is 4.90 Å². The summed E-state index contributed by atoms with van der Waals surface area (Å²) < 4.78 is 6.76. The first kappa shape index (κ1) is 20.1. The van der Waals surface area contributed by atoms with Crippen LogP contribution in [0.3, 0.4) is 0 Å². The molecule has 29 heavy (non-hydrogen) atoms. The number of benzene rings is 2. The first-order chi connectivity index (χ1) is 14.2. The average molecular weight is 407 g/mol. The lowest BCUT2D eigenvalue weighted by atomic mass is 10.1. The molecule has 0 aliphatic rings. The highest BCUT2D eigenvalue weighted by atomic mass is 32.2. The summed E-state index contributed by atoms with van der Waals surface area (Å²) in [6.07, 6.45) is 3.06. The van der Waals surface area contributed by atoms with Crippen LogP contribution in [0.1, 0.15) is 15.9 Å². The van der Waals surface area contributed by atoms with Crippen molar-refractivity contribution in [3.05, 3.63) is 72.3 Å². The number of hydrogen-bond donors (Lipinski definition) is 1. The van der Waals surface area contributed by atoms with Crippen LogP contribution < -0.4 is 5.32 Å². The Kier molecular flexibility index (Phi) is 6.97. The molecule has 0 saturated carbocycles. The highest BCUT2D eigenvalue weighted by molar-refractivity contribution is 7.99. The topological polar surface area (TPSA) is 110 Å². The zero-order valence-corrected chi connectivity index (χ0v) is 16.1. The molecule has 0 bridgehead atoms. The SMILES string of the molecule is N#CCSc1ccccc1NC(=O)COC(=O)c1ccc(Cn2cncn2)cc1. The molecule has 0 radical (unpaired) electrons. The van der Waals surface area contributed by atoms with E-state index in [4.69, 9.17) is 10.00 Å². The molecule has 0 fully saturated rings. The summed E-state index contributed by atoms with van der Waals surface area (Å²) in [4.78, 5) is 28.9. The van der Waals surface area contributed by atoms with Gasteiger partial charge in [-0.05, 0) is 29.8 Å². The predicted molar refractivity (Wildman–Crippen MR) is 107 cm³/mol. The number of carbonyl (C=O) groups is 2. The van der Waals surface area contributed by atoms with Crippen LogP contribution in [0.4, 0.5) is 5.69 Å². The van der Waals surface area contributed by atoms with Crippen molar-refractivity contribution >= 4 is 29.3 Å². The number of ether oxygens (including phenoxy) is 1. The maximum absolute atomic E-state index is 12.2. The minimum Gasteiger partial charge on any atom is -0.452 e. The lowest BCUT2D eigenvalue weighted by molar-refractivity contribution is -0.119. The number of carbonyl (C=O) groups excluding carboxylic acids is 2. The van der Waals surface area contributed by atoms with Crippen molar-refractivity contribution in [3.8, 4) is 6.07 Å². The van der Waals surface area contributed by atoms with Gasteiger partial charge in [-0.25, -0.2) is 14.5 Å². The standard InChI is InChI=1S/C20H17N5O3S/c21-9-10-29-18-4-2-1-3-17(18)24-19(26)12-28-20(27)16-7-5-15(6-8-16)11-25-14-22-13-23-25/h1-8,13-14H,10-12H2,(H,24,26). The lowest BCUT2D eigenvalue weighted by Crippen LogP contribution is -2.21. The van der Waals surface area contributed by atoms with Gasteiger partial charge < -0.3 is 10.1 Å². The van der Waals surface area contributed by atoms with Crippen LogP contribution in [0, 0.1) is 11.3 Å². The fourth-order valence-electron chi connectivity index (χ4n) is 2.45. The Morgan fingerprint density at radius 2 is 1.97 bits per heavy atom. The Morgan fingerprint density at radius 3 is 2.69 bits per heavy atom. The number of aromatic nitrogens is 3. The molecule has 9 heteroatoms. The summed E-state index contributed by atoms with van der Waals surface area (Å²) in [5, 5.41) is 15.4. The van der Waals surface area contributed by atoms with E-state index >= 15 is 0 Å². The third-order valence-corrected chi connectivity index (χ3v) is 4.73. The molecule has 0 atom stereocenters. The molecule has 1 aromatic heterocycles. The van der Waals surface area contributed by atoms with E-state index in [2.05, 4.69) is 15.4 Å². The van der Waals surface area contributed by atoms with E-state index in [9.17, 15) is 9.59 Å². The quantitative estimate of drug-likeness (QED) is 0.451. The summed E-state index contributed by atoms with van der Waals surface area (Å²) >= 11 is 1.32. The molecule has 0 spiro atoms. The maximum Gasteiger partial charge on any atom is 0.338 e. The second kappa shape index (κ2) is 10.1. The second-order valence-corrected chi connectivity index (χ2v) is 6.87. The van der Waals surface area contributed by atoms with Gasteiger partial charge in [0.2, 0.25) is 0 Å². The van der Waals surface area contributed by atoms with Crippen molar-refractivity contribution in [2.45, 2.75) is 11.4 Å². The van der Waals surface area contributed by atoms with Gasteiger partial charge in [0.05, 0.1) is 29.6 Å². The molecule has 8 nitrogen and oxygen atoms in total. The molecule has 1 heterocycles. The number of rotatable bonds is 8. The lowest BCUT2D eigenvalue weighted by Gasteiger charge is -2.10. The molecule has 2 aromatic carbocycles. The normalized spacial score (nSPS) is 10.2. The minimum absolute atomic E-state index is 0.273. The summed E-state index contributed by atoms with van der Waals surface area (Å²) in [6.45, 7) is 0.137. The van der Waals surface area contributed by atoms with Crippen molar-refractivity contribution in [2.24, 2.45) is 0 Å². The predicted octanol–water partition coefficient (Wildman–Crippen LogP) is 2.74. The number of esters is 1. The third kappa shape index (κ3) is 5.92. The Balaban J connectivity index is 1.51. The van der Waals surface area contributed by atoms with Gasteiger partial charge in [-0.2, -0.15) is 10.4 Å². The third-order valence-electron chi connectivity index (χ3n) is 3.79. The number of nitriles is 1. The number of para-hydroxylation sites is 1. The van der Waals surface area contributed by atoms with Gasteiger partial charge in [0.1, 0.15) is 12.7 Å². The van der Waals surface area contributed by atoms with Crippen molar-refractivity contribution < 1.29 is 14.3 Å². The van der Waals surface area contributed by atoms with Crippen molar-refractivity contribution in [2.75, 3.05) is 17.7 Å². The zero-order chi connectivity index (χ0) is 20.5. The van der Waals surface area contributed by atoms with Crippen LogP contribution in [0.5, 0.6) is 0 Å². The number of nitrogens with one attached hydrogen (secondary N) is 1. The maximum atomic E-state index is 12.2. The summed E-state index contributed by atoms with van der Waals surface area (Å²) in [5.41, 5.74) is 1.88. The van der Waals surface area contributed by atoms with Crippen LogP contribution in [-0.4, -0.2) is 39.0 Å². The fraction of sp³-hybridized carbons (Fsp3) is 0.150. The fourth-order valence-corrected chi connectivity index (χ4v) is 3.12. The van der Waals surface area contributed by atoms with Gasteiger partial charge in [-0.1, -0.05) is 24.3 Å².